The zero-order valence-electron chi connectivity index (χ0n) is 17.1. The average molecular weight is 437 g/mol. The normalized spacial score (nSPS) is 18.4. The predicted octanol–water partition coefficient (Wildman–Crippen LogP) is 2.52. The number of hydrogen-bond donors (Lipinski definition) is 0. The first-order chi connectivity index (χ1) is 15.2. The van der Waals surface area contributed by atoms with Crippen LogP contribution in [-0.2, 0) is 19.2 Å². The van der Waals surface area contributed by atoms with Crippen LogP contribution in [0.3, 0.4) is 0 Å². The molecule has 4 rings (SSSR count). The van der Waals surface area contributed by atoms with Crippen molar-refractivity contribution in [2.24, 2.45) is 5.92 Å². The topological polar surface area (TPSA) is 127 Å². The van der Waals surface area contributed by atoms with Crippen LogP contribution in [0.15, 0.2) is 42.5 Å². The molecule has 0 spiro atoms. The number of rotatable bonds is 5. The summed E-state index contributed by atoms with van der Waals surface area (Å²) in [6.45, 7) is 1.81. The number of anilines is 2. The van der Waals surface area contributed by atoms with E-state index >= 15 is 0 Å². The third kappa shape index (κ3) is 3.94. The standard InChI is InChI=1S/C22H19N3O7/c1-13-10-17(6-7-18(13)24-19(26)8-9-20(24)27)32-22(29)14-11-21(28)23(12-14)15-2-4-16(5-3-15)25(30)31/h2-7,10,14H,8-9,11-12H2,1H3/t14-/m1/s1. The van der Waals surface area contributed by atoms with Crippen LogP contribution in [0.4, 0.5) is 17.1 Å². The molecule has 2 fully saturated rings. The first kappa shape index (κ1) is 21.2. The Labute approximate surface area is 182 Å². The van der Waals surface area contributed by atoms with Gasteiger partial charge in [-0.2, -0.15) is 0 Å². The van der Waals surface area contributed by atoms with Crippen molar-refractivity contribution in [3.05, 3.63) is 58.1 Å². The maximum atomic E-state index is 12.6. The maximum Gasteiger partial charge on any atom is 0.316 e. The maximum absolute atomic E-state index is 12.6. The van der Waals surface area contributed by atoms with Crippen LogP contribution in [0.1, 0.15) is 24.8 Å². The highest BCUT2D eigenvalue weighted by Gasteiger charge is 2.37. The lowest BCUT2D eigenvalue weighted by molar-refractivity contribution is -0.384. The molecule has 0 N–H and O–H groups in total. The lowest BCUT2D eigenvalue weighted by atomic mass is 10.1. The van der Waals surface area contributed by atoms with E-state index in [1.807, 2.05) is 0 Å². The van der Waals surface area contributed by atoms with E-state index in [2.05, 4.69) is 0 Å². The Morgan fingerprint density at radius 3 is 2.28 bits per heavy atom. The highest BCUT2D eigenvalue weighted by atomic mass is 16.6. The Balaban J connectivity index is 1.43. The number of hydrogen-bond acceptors (Lipinski definition) is 7. The Morgan fingerprint density at radius 2 is 1.69 bits per heavy atom. The number of aryl methyl sites for hydroxylation is 1. The number of imide groups is 1. The summed E-state index contributed by atoms with van der Waals surface area (Å²) in [5.74, 6) is -1.84. The van der Waals surface area contributed by atoms with Crippen molar-refractivity contribution in [2.45, 2.75) is 26.2 Å². The van der Waals surface area contributed by atoms with E-state index in [1.165, 1.54) is 35.2 Å². The summed E-state index contributed by atoms with van der Waals surface area (Å²) in [6, 6.07) is 10.2. The largest absolute Gasteiger partial charge is 0.426 e. The van der Waals surface area contributed by atoms with Crippen LogP contribution in [-0.4, -0.2) is 35.2 Å². The third-order valence-electron chi connectivity index (χ3n) is 5.51. The van der Waals surface area contributed by atoms with E-state index in [9.17, 15) is 29.3 Å². The molecule has 2 aliphatic rings. The van der Waals surface area contributed by atoms with Gasteiger partial charge in [0, 0.05) is 43.6 Å². The van der Waals surface area contributed by atoms with E-state index in [-0.39, 0.29) is 55.0 Å². The second-order valence-corrected chi connectivity index (χ2v) is 7.67. The fourth-order valence-corrected chi connectivity index (χ4v) is 3.86. The molecule has 3 amide bonds. The van der Waals surface area contributed by atoms with Gasteiger partial charge >= 0.3 is 5.97 Å². The van der Waals surface area contributed by atoms with Crippen LogP contribution in [0.2, 0.25) is 0 Å². The van der Waals surface area contributed by atoms with E-state index in [0.717, 1.165) is 4.90 Å². The van der Waals surface area contributed by atoms with Crippen LogP contribution in [0.5, 0.6) is 5.75 Å². The summed E-state index contributed by atoms with van der Waals surface area (Å²) in [5.41, 5.74) is 1.44. The molecule has 0 radical (unpaired) electrons. The quantitative estimate of drug-likeness (QED) is 0.231. The second-order valence-electron chi connectivity index (χ2n) is 7.67. The smallest absolute Gasteiger partial charge is 0.316 e. The zero-order valence-corrected chi connectivity index (χ0v) is 17.1. The monoisotopic (exact) mass is 437 g/mol. The molecular formula is C22H19N3O7. The van der Waals surface area contributed by atoms with Gasteiger partial charge in [-0.3, -0.25) is 34.2 Å². The molecule has 32 heavy (non-hydrogen) atoms. The van der Waals surface area contributed by atoms with Crippen LogP contribution < -0.4 is 14.5 Å². The minimum absolute atomic E-state index is 0.0380. The van der Waals surface area contributed by atoms with Crippen molar-refractivity contribution in [3.63, 3.8) is 0 Å². The van der Waals surface area contributed by atoms with E-state index in [0.29, 0.717) is 16.9 Å². The van der Waals surface area contributed by atoms with Gasteiger partial charge in [-0.1, -0.05) is 0 Å². The summed E-state index contributed by atoms with van der Waals surface area (Å²) in [7, 11) is 0. The van der Waals surface area contributed by atoms with Crippen LogP contribution in [0, 0.1) is 23.0 Å². The van der Waals surface area contributed by atoms with Crippen molar-refractivity contribution < 1.29 is 28.8 Å². The molecule has 2 heterocycles. The Kier molecular flexibility index (Phi) is 5.43. The summed E-state index contributed by atoms with van der Waals surface area (Å²) < 4.78 is 5.44. The summed E-state index contributed by atoms with van der Waals surface area (Å²) in [6.07, 6.45) is 0.315. The number of benzene rings is 2. The summed E-state index contributed by atoms with van der Waals surface area (Å²) >= 11 is 0. The lowest BCUT2D eigenvalue weighted by Crippen LogP contribution is -2.29. The molecule has 0 aliphatic carbocycles. The molecule has 1 atom stereocenters. The molecular weight excluding hydrogens is 418 g/mol. The number of nitro groups is 1. The first-order valence-electron chi connectivity index (χ1n) is 9.97. The van der Waals surface area contributed by atoms with Gasteiger partial charge in [-0.05, 0) is 42.8 Å². The van der Waals surface area contributed by atoms with E-state index in [1.54, 1.807) is 19.1 Å². The number of carbonyl (C=O) groups is 4. The average Bonchev–Trinajstić information content (AvgIpc) is 3.30. The number of nitro benzene ring substituents is 1. The van der Waals surface area contributed by atoms with Crippen molar-refractivity contribution in [1.29, 1.82) is 0 Å². The number of ether oxygens (including phenoxy) is 1. The molecule has 0 bridgehead atoms. The Hall–Kier alpha value is -4.08. The number of non-ortho nitro benzene ring substituents is 1. The predicted molar refractivity (Wildman–Crippen MR) is 112 cm³/mol. The fraction of sp³-hybridized carbons (Fsp3) is 0.273. The van der Waals surface area contributed by atoms with Gasteiger partial charge in [0.15, 0.2) is 0 Å². The highest BCUT2D eigenvalue weighted by molar-refractivity contribution is 6.20. The number of esters is 1. The van der Waals surface area contributed by atoms with Crippen LogP contribution in [0.25, 0.3) is 0 Å². The molecule has 2 aliphatic heterocycles. The van der Waals surface area contributed by atoms with Gasteiger partial charge in [0.1, 0.15) is 5.75 Å². The second kappa shape index (κ2) is 8.22. The van der Waals surface area contributed by atoms with Crippen LogP contribution >= 0.6 is 0 Å². The molecule has 10 heteroatoms. The van der Waals surface area contributed by atoms with Gasteiger partial charge in [-0.15, -0.1) is 0 Å². The van der Waals surface area contributed by atoms with Gasteiger partial charge < -0.3 is 9.64 Å². The number of carbonyl (C=O) groups excluding carboxylic acids is 4. The summed E-state index contributed by atoms with van der Waals surface area (Å²) in [5, 5.41) is 10.8. The zero-order chi connectivity index (χ0) is 23.0. The minimum atomic E-state index is -0.695. The Morgan fingerprint density at radius 1 is 1.03 bits per heavy atom. The van der Waals surface area contributed by atoms with Gasteiger partial charge in [0.05, 0.1) is 16.5 Å². The molecule has 164 valence electrons. The number of nitrogens with zero attached hydrogens (tertiary/aromatic N) is 3. The fourth-order valence-electron chi connectivity index (χ4n) is 3.86. The van der Waals surface area contributed by atoms with E-state index in [4.69, 9.17) is 4.74 Å². The lowest BCUT2D eigenvalue weighted by Gasteiger charge is -2.18. The van der Waals surface area contributed by atoms with Crippen molar-refractivity contribution in [1.82, 2.24) is 0 Å². The van der Waals surface area contributed by atoms with Crippen molar-refractivity contribution in [2.75, 3.05) is 16.3 Å². The molecule has 2 saturated heterocycles. The van der Waals surface area contributed by atoms with Gasteiger partial charge in [0.25, 0.3) is 5.69 Å². The molecule has 0 saturated carbocycles. The number of amides is 3. The van der Waals surface area contributed by atoms with Gasteiger partial charge in [0.2, 0.25) is 17.7 Å². The Bertz CT molecular complexity index is 1130. The van der Waals surface area contributed by atoms with Gasteiger partial charge in [-0.25, -0.2) is 0 Å². The molecule has 0 aromatic heterocycles. The first-order valence-corrected chi connectivity index (χ1v) is 9.97. The SMILES string of the molecule is Cc1cc(OC(=O)[C@@H]2CC(=O)N(c3ccc([N+](=O)[O-])cc3)C2)ccc1N1C(=O)CCC1=O. The summed E-state index contributed by atoms with van der Waals surface area (Å²) in [4.78, 5) is 61.7. The molecule has 0 unspecified atom stereocenters. The van der Waals surface area contributed by atoms with Crippen molar-refractivity contribution >= 4 is 40.8 Å². The molecule has 2 aromatic carbocycles. The van der Waals surface area contributed by atoms with E-state index < -0.39 is 16.8 Å². The molecule has 10 nitrogen and oxygen atoms in total. The van der Waals surface area contributed by atoms with Crippen molar-refractivity contribution in [3.8, 4) is 5.75 Å². The molecule has 2 aromatic rings. The highest BCUT2D eigenvalue weighted by Crippen LogP contribution is 2.31. The third-order valence-corrected chi connectivity index (χ3v) is 5.51. The minimum Gasteiger partial charge on any atom is -0.426 e.